The molecule has 0 aliphatic carbocycles. The quantitative estimate of drug-likeness (QED) is 0.154. The SMILES string of the molecule is CCNC(=O)Nc1cc(-c2nc(C(F)(F)F)cs2)c(-c2ccc3c(c2)c(=O)c(C(=O)O)c(CC)n3[C@H]2CCCN(Cc3cccn3C)C2)cn1. The zero-order chi connectivity index (χ0) is 35.7. The highest BCUT2D eigenvalue weighted by Gasteiger charge is 2.34. The number of alkyl halides is 3. The number of carboxylic acids is 1. The third kappa shape index (κ3) is 6.87. The second-order valence-electron chi connectivity index (χ2n) is 12.2. The molecule has 0 bridgehead atoms. The van der Waals surface area contributed by atoms with Gasteiger partial charge in [-0.2, -0.15) is 13.2 Å². The zero-order valence-corrected chi connectivity index (χ0v) is 28.5. The van der Waals surface area contributed by atoms with Gasteiger partial charge in [0.1, 0.15) is 16.4 Å². The maximum atomic E-state index is 14.0. The van der Waals surface area contributed by atoms with E-state index >= 15 is 0 Å². The molecular weight excluding hydrogens is 671 g/mol. The Labute approximate surface area is 289 Å². The van der Waals surface area contributed by atoms with Gasteiger partial charge in [0.05, 0.1) is 5.52 Å². The number of anilines is 1. The minimum Gasteiger partial charge on any atom is -0.477 e. The first-order chi connectivity index (χ1) is 23.9. The molecule has 50 heavy (non-hydrogen) atoms. The van der Waals surface area contributed by atoms with Crippen molar-refractivity contribution in [2.45, 2.75) is 51.9 Å². The largest absolute Gasteiger partial charge is 0.477 e. The fourth-order valence-corrected chi connectivity index (χ4v) is 7.52. The number of aromatic carboxylic acids is 1. The molecule has 1 fully saturated rings. The average Bonchev–Trinajstić information content (AvgIpc) is 3.74. The Balaban J connectivity index is 1.49. The summed E-state index contributed by atoms with van der Waals surface area (Å²) in [7, 11) is 2.00. The predicted molar refractivity (Wildman–Crippen MR) is 186 cm³/mol. The van der Waals surface area contributed by atoms with Crippen LogP contribution in [-0.4, -0.2) is 60.7 Å². The summed E-state index contributed by atoms with van der Waals surface area (Å²) in [6.07, 6.45) is 0.712. The smallest absolute Gasteiger partial charge is 0.434 e. The van der Waals surface area contributed by atoms with Crippen molar-refractivity contribution >= 4 is 40.1 Å². The minimum absolute atomic E-state index is 0.0271. The number of urea groups is 1. The number of hydrogen-bond acceptors (Lipinski definition) is 7. The van der Waals surface area contributed by atoms with Gasteiger partial charge in [0, 0.05) is 78.4 Å². The van der Waals surface area contributed by atoms with Crippen LogP contribution in [0.15, 0.2) is 59.0 Å². The number of carbonyl (C=O) groups excluding carboxylic acids is 1. The fourth-order valence-electron chi connectivity index (χ4n) is 6.67. The summed E-state index contributed by atoms with van der Waals surface area (Å²) < 4.78 is 44.8. The molecule has 5 aromatic rings. The van der Waals surface area contributed by atoms with Crippen LogP contribution in [0.25, 0.3) is 32.6 Å². The number of aromatic nitrogens is 4. The van der Waals surface area contributed by atoms with Gasteiger partial charge in [-0.1, -0.05) is 13.0 Å². The summed E-state index contributed by atoms with van der Waals surface area (Å²) in [5, 5.41) is 16.6. The first kappa shape index (κ1) is 34.8. The molecule has 1 aliphatic rings. The van der Waals surface area contributed by atoms with E-state index in [1.54, 1.807) is 25.1 Å². The van der Waals surface area contributed by atoms with E-state index in [-0.39, 0.29) is 33.4 Å². The van der Waals surface area contributed by atoms with Crippen LogP contribution >= 0.6 is 11.3 Å². The second kappa shape index (κ2) is 14.1. The van der Waals surface area contributed by atoms with Crippen molar-refractivity contribution in [1.29, 1.82) is 0 Å². The Hall–Kier alpha value is -5.02. The average molecular weight is 708 g/mol. The number of piperidine rings is 1. The van der Waals surface area contributed by atoms with Crippen molar-refractivity contribution in [3.63, 3.8) is 0 Å². The molecule has 0 radical (unpaired) electrons. The molecule has 5 heterocycles. The molecule has 11 nitrogen and oxygen atoms in total. The fraction of sp³-hybridized carbons (Fsp3) is 0.343. The number of rotatable bonds is 9. The van der Waals surface area contributed by atoms with E-state index in [1.165, 1.54) is 12.3 Å². The van der Waals surface area contributed by atoms with Gasteiger partial charge >= 0.3 is 18.2 Å². The minimum atomic E-state index is -4.67. The number of thiazole rings is 1. The molecular formula is C35H36F3N7O4S. The standard InChI is InChI=1S/C35H36F3N7O4S/c1-4-26-30(33(47)48)31(46)24-14-20(10-11-27(24)45(26)22-9-7-13-44(18-22)17-21-8-6-12-43(21)3)25-16-40-29(42-34(49)39-5-2)15-23(25)32-41-28(19-50-32)35(36,37)38/h6,8,10-12,14-16,19,22H,4-5,7,9,13,17-18H2,1-3H3,(H,47,48)(H2,39,40,42,49)/t22-/m0/s1. The summed E-state index contributed by atoms with van der Waals surface area (Å²) in [5.41, 5.74) is 1.19. The third-order valence-electron chi connectivity index (χ3n) is 8.96. The molecule has 0 saturated carbocycles. The molecule has 4 aromatic heterocycles. The van der Waals surface area contributed by atoms with Crippen LogP contribution in [0.2, 0.25) is 0 Å². The highest BCUT2D eigenvalue weighted by atomic mass is 32.1. The van der Waals surface area contributed by atoms with Crippen LogP contribution in [0.1, 0.15) is 60.2 Å². The third-order valence-corrected chi connectivity index (χ3v) is 9.83. The molecule has 6 rings (SSSR count). The van der Waals surface area contributed by atoms with Crippen LogP contribution in [0.5, 0.6) is 0 Å². The lowest BCUT2D eigenvalue weighted by molar-refractivity contribution is -0.140. The van der Waals surface area contributed by atoms with Gasteiger partial charge in [-0.05, 0) is 68.6 Å². The Morgan fingerprint density at radius 1 is 1.14 bits per heavy atom. The Bertz CT molecular complexity index is 2140. The summed E-state index contributed by atoms with van der Waals surface area (Å²) in [6, 6.07) is 9.92. The van der Waals surface area contributed by atoms with E-state index in [0.29, 0.717) is 41.8 Å². The summed E-state index contributed by atoms with van der Waals surface area (Å²) >= 11 is 0.781. The lowest BCUT2D eigenvalue weighted by atomic mass is 9.96. The number of pyridine rings is 2. The normalized spacial score (nSPS) is 15.4. The number of aryl methyl sites for hydroxylation is 1. The van der Waals surface area contributed by atoms with Crippen LogP contribution in [0, 0.1) is 0 Å². The summed E-state index contributed by atoms with van der Waals surface area (Å²) in [5.74, 6) is -1.24. The number of hydrogen-bond donors (Lipinski definition) is 3. The molecule has 1 aliphatic heterocycles. The van der Waals surface area contributed by atoms with E-state index in [2.05, 4.69) is 36.1 Å². The molecule has 1 atom stereocenters. The van der Waals surface area contributed by atoms with Gasteiger partial charge < -0.3 is 19.6 Å². The lowest BCUT2D eigenvalue weighted by Crippen LogP contribution is -2.38. The number of carboxylic acid groups (broad SMARTS) is 1. The zero-order valence-electron chi connectivity index (χ0n) is 27.7. The van der Waals surface area contributed by atoms with Crippen LogP contribution in [0.4, 0.5) is 23.8 Å². The van der Waals surface area contributed by atoms with Crippen molar-refractivity contribution in [2.24, 2.45) is 7.05 Å². The maximum absolute atomic E-state index is 14.0. The van der Waals surface area contributed by atoms with Crippen LogP contribution in [0.3, 0.4) is 0 Å². The number of amides is 2. The number of likely N-dealkylation sites (tertiary alicyclic amines) is 1. The van der Waals surface area contributed by atoms with Gasteiger partial charge in [-0.25, -0.2) is 19.6 Å². The topological polar surface area (TPSA) is 134 Å². The molecule has 3 N–H and O–H groups in total. The maximum Gasteiger partial charge on any atom is 0.434 e. The highest BCUT2D eigenvalue weighted by molar-refractivity contribution is 7.13. The first-order valence-corrected chi connectivity index (χ1v) is 17.1. The number of carbonyl (C=O) groups is 2. The predicted octanol–water partition coefficient (Wildman–Crippen LogP) is 6.78. The molecule has 0 unspecified atom stereocenters. The van der Waals surface area contributed by atoms with Gasteiger partial charge in [0.15, 0.2) is 5.69 Å². The Kier molecular flexibility index (Phi) is 9.80. The van der Waals surface area contributed by atoms with Gasteiger partial charge in [0.25, 0.3) is 0 Å². The van der Waals surface area contributed by atoms with E-state index in [4.69, 9.17) is 0 Å². The highest BCUT2D eigenvalue weighted by Crippen LogP contribution is 2.39. The van der Waals surface area contributed by atoms with E-state index in [0.717, 1.165) is 48.3 Å². The first-order valence-electron chi connectivity index (χ1n) is 16.2. The lowest BCUT2D eigenvalue weighted by Gasteiger charge is -2.36. The van der Waals surface area contributed by atoms with Crippen molar-refractivity contribution < 1.29 is 27.9 Å². The number of halogens is 3. The molecule has 1 saturated heterocycles. The Morgan fingerprint density at radius 2 is 1.94 bits per heavy atom. The monoisotopic (exact) mass is 707 g/mol. The van der Waals surface area contributed by atoms with Gasteiger partial charge in [-0.15, -0.1) is 11.3 Å². The van der Waals surface area contributed by atoms with E-state index < -0.39 is 29.3 Å². The van der Waals surface area contributed by atoms with Crippen molar-refractivity contribution in [3.05, 3.63) is 87.0 Å². The van der Waals surface area contributed by atoms with E-state index in [9.17, 15) is 32.7 Å². The van der Waals surface area contributed by atoms with Gasteiger partial charge in [-0.3, -0.25) is 15.0 Å². The van der Waals surface area contributed by atoms with Gasteiger partial charge in [0.2, 0.25) is 5.43 Å². The van der Waals surface area contributed by atoms with Crippen LogP contribution in [-0.2, 0) is 26.2 Å². The molecule has 262 valence electrons. The molecule has 1 aromatic carbocycles. The number of nitrogens with zero attached hydrogens (tertiary/aromatic N) is 5. The summed E-state index contributed by atoms with van der Waals surface area (Å²) in [6.45, 7) is 6.17. The number of nitrogens with one attached hydrogen (secondary N) is 2. The van der Waals surface area contributed by atoms with E-state index in [1.807, 2.05) is 30.8 Å². The van der Waals surface area contributed by atoms with Crippen LogP contribution < -0.4 is 16.1 Å². The van der Waals surface area contributed by atoms with Crippen molar-refractivity contribution in [2.75, 3.05) is 25.0 Å². The number of benzene rings is 1. The molecule has 2 amide bonds. The summed E-state index contributed by atoms with van der Waals surface area (Å²) in [4.78, 5) is 49.4. The van der Waals surface area contributed by atoms with Crippen molar-refractivity contribution in [1.82, 2.24) is 29.3 Å². The number of fused-ring (bicyclic) bond motifs is 1. The Morgan fingerprint density at radius 3 is 2.60 bits per heavy atom. The molecule has 0 spiro atoms. The second-order valence-corrected chi connectivity index (χ2v) is 13.0. The van der Waals surface area contributed by atoms with Crippen molar-refractivity contribution in [3.8, 4) is 21.7 Å². The molecule has 15 heteroatoms.